The molecule has 1 fully saturated rings. The third-order valence-electron chi connectivity index (χ3n) is 6.26. The first-order valence-corrected chi connectivity index (χ1v) is 9.81. The summed E-state index contributed by atoms with van der Waals surface area (Å²) in [4.78, 5) is 3.53. The number of fused-ring (bicyclic) bond motifs is 3. The molecule has 0 aliphatic carbocycles. The molecule has 1 aliphatic rings. The van der Waals surface area contributed by atoms with Crippen molar-refractivity contribution in [2.45, 2.75) is 38.9 Å². The smallest absolute Gasteiger partial charge is 0.399 e. The van der Waals surface area contributed by atoms with Gasteiger partial charge in [0.05, 0.1) is 11.2 Å². The molecular formula is C24H24BNO2. The van der Waals surface area contributed by atoms with Crippen LogP contribution in [0.15, 0.2) is 66.7 Å². The molecule has 4 heteroatoms. The number of aromatic amines is 1. The molecular weight excluding hydrogens is 345 g/mol. The Balaban J connectivity index is 1.62. The van der Waals surface area contributed by atoms with Crippen LogP contribution in [0.3, 0.4) is 0 Å². The lowest BCUT2D eigenvalue weighted by Gasteiger charge is -2.32. The van der Waals surface area contributed by atoms with Crippen molar-refractivity contribution in [2.75, 3.05) is 0 Å². The molecule has 0 spiro atoms. The molecule has 0 radical (unpaired) electrons. The highest BCUT2D eigenvalue weighted by Gasteiger charge is 2.51. The normalized spacial score (nSPS) is 18.2. The fourth-order valence-corrected chi connectivity index (χ4v) is 3.85. The molecule has 0 atom stereocenters. The number of hydrogen-bond acceptors (Lipinski definition) is 2. The zero-order chi connectivity index (χ0) is 19.5. The summed E-state index contributed by atoms with van der Waals surface area (Å²) in [6.07, 6.45) is 0. The van der Waals surface area contributed by atoms with E-state index >= 15 is 0 Å². The average molecular weight is 369 g/mol. The second kappa shape index (κ2) is 5.97. The summed E-state index contributed by atoms with van der Waals surface area (Å²) in [6, 6.07) is 23.5. The van der Waals surface area contributed by atoms with Crippen molar-refractivity contribution in [1.82, 2.24) is 4.98 Å². The molecule has 2 heterocycles. The summed E-state index contributed by atoms with van der Waals surface area (Å²) in [5.74, 6) is 0. The van der Waals surface area contributed by atoms with E-state index in [1.54, 1.807) is 0 Å². The lowest BCUT2D eigenvalue weighted by molar-refractivity contribution is 0.00578. The van der Waals surface area contributed by atoms with Crippen molar-refractivity contribution >= 4 is 34.4 Å². The summed E-state index contributed by atoms with van der Waals surface area (Å²) in [5.41, 5.74) is 5.08. The predicted molar refractivity (Wildman–Crippen MR) is 117 cm³/mol. The van der Waals surface area contributed by atoms with Gasteiger partial charge in [0.15, 0.2) is 0 Å². The molecule has 0 unspecified atom stereocenters. The first kappa shape index (κ1) is 17.5. The third-order valence-corrected chi connectivity index (χ3v) is 6.26. The largest absolute Gasteiger partial charge is 0.494 e. The highest BCUT2D eigenvalue weighted by Crippen LogP contribution is 2.37. The topological polar surface area (TPSA) is 34.2 Å². The quantitative estimate of drug-likeness (QED) is 0.488. The highest BCUT2D eigenvalue weighted by molar-refractivity contribution is 6.62. The second-order valence-electron chi connectivity index (χ2n) is 8.64. The predicted octanol–water partition coefficient (Wildman–Crippen LogP) is 5.29. The third kappa shape index (κ3) is 2.68. The molecule has 1 aromatic heterocycles. The van der Waals surface area contributed by atoms with Gasteiger partial charge in [-0.3, -0.25) is 0 Å². The van der Waals surface area contributed by atoms with E-state index in [-0.39, 0.29) is 18.3 Å². The van der Waals surface area contributed by atoms with Crippen LogP contribution in [0.5, 0.6) is 0 Å². The van der Waals surface area contributed by atoms with Gasteiger partial charge in [-0.2, -0.15) is 0 Å². The van der Waals surface area contributed by atoms with Crippen LogP contribution in [0.1, 0.15) is 27.7 Å². The number of hydrogen-bond donors (Lipinski definition) is 1. The van der Waals surface area contributed by atoms with Gasteiger partial charge >= 0.3 is 7.12 Å². The highest BCUT2D eigenvalue weighted by atomic mass is 16.7. The molecule has 1 aliphatic heterocycles. The minimum Gasteiger partial charge on any atom is -0.399 e. The van der Waals surface area contributed by atoms with Gasteiger partial charge in [-0.25, -0.2) is 0 Å². The van der Waals surface area contributed by atoms with Crippen molar-refractivity contribution < 1.29 is 9.31 Å². The van der Waals surface area contributed by atoms with E-state index < -0.39 is 0 Å². The molecule has 1 N–H and O–H groups in total. The van der Waals surface area contributed by atoms with Crippen LogP contribution in [0.4, 0.5) is 0 Å². The van der Waals surface area contributed by atoms with Gasteiger partial charge in [0.2, 0.25) is 0 Å². The number of aromatic nitrogens is 1. The Bertz CT molecular complexity index is 1160. The number of benzene rings is 3. The molecule has 5 rings (SSSR count). The van der Waals surface area contributed by atoms with Gasteiger partial charge in [0.25, 0.3) is 0 Å². The van der Waals surface area contributed by atoms with Crippen molar-refractivity contribution in [3.05, 3.63) is 66.7 Å². The van der Waals surface area contributed by atoms with Crippen LogP contribution in [0.2, 0.25) is 0 Å². The van der Waals surface area contributed by atoms with Crippen molar-refractivity contribution in [3.8, 4) is 11.1 Å². The van der Waals surface area contributed by atoms with E-state index in [9.17, 15) is 0 Å². The maximum atomic E-state index is 6.25. The summed E-state index contributed by atoms with van der Waals surface area (Å²) >= 11 is 0. The zero-order valence-corrected chi connectivity index (χ0v) is 16.7. The molecule has 140 valence electrons. The van der Waals surface area contributed by atoms with Crippen molar-refractivity contribution in [3.63, 3.8) is 0 Å². The molecule has 1 saturated heterocycles. The number of nitrogens with one attached hydrogen (secondary N) is 1. The fourth-order valence-electron chi connectivity index (χ4n) is 3.85. The van der Waals surface area contributed by atoms with E-state index in [2.05, 4.69) is 93.3 Å². The van der Waals surface area contributed by atoms with Crippen LogP contribution in [-0.4, -0.2) is 23.3 Å². The molecule has 0 saturated carbocycles. The minimum absolute atomic E-state index is 0.340. The molecule has 3 nitrogen and oxygen atoms in total. The Morgan fingerprint density at radius 2 is 1.29 bits per heavy atom. The van der Waals surface area contributed by atoms with Gasteiger partial charge in [0, 0.05) is 21.8 Å². The Kier molecular flexibility index (Phi) is 3.74. The van der Waals surface area contributed by atoms with E-state index in [4.69, 9.17) is 9.31 Å². The van der Waals surface area contributed by atoms with Gasteiger partial charge in [-0.1, -0.05) is 48.5 Å². The van der Waals surface area contributed by atoms with Crippen molar-refractivity contribution in [2.24, 2.45) is 0 Å². The summed E-state index contributed by atoms with van der Waals surface area (Å²) in [7, 11) is -0.350. The van der Waals surface area contributed by atoms with Gasteiger partial charge in [-0.05, 0) is 62.5 Å². The van der Waals surface area contributed by atoms with E-state index in [1.807, 2.05) is 6.07 Å². The summed E-state index contributed by atoms with van der Waals surface area (Å²) < 4.78 is 12.5. The van der Waals surface area contributed by atoms with Gasteiger partial charge in [-0.15, -0.1) is 0 Å². The first-order valence-electron chi connectivity index (χ1n) is 9.81. The zero-order valence-electron chi connectivity index (χ0n) is 16.7. The Morgan fingerprint density at radius 3 is 1.96 bits per heavy atom. The number of rotatable bonds is 2. The van der Waals surface area contributed by atoms with E-state index in [0.717, 1.165) is 16.5 Å². The van der Waals surface area contributed by atoms with Crippen LogP contribution < -0.4 is 5.46 Å². The molecule has 3 aromatic carbocycles. The lowest BCUT2D eigenvalue weighted by Crippen LogP contribution is -2.41. The Labute approximate surface area is 165 Å². The van der Waals surface area contributed by atoms with E-state index in [0.29, 0.717) is 0 Å². The molecule has 28 heavy (non-hydrogen) atoms. The monoisotopic (exact) mass is 369 g/mol. The Morgan fingerprint density at radius 1 is 0.679 bits per heavy atom. The molecule has 4 aromatic rings. The van der Waals surface area contributed by atoms with E-state index in [1.165, 1.54) is 21.9 Å². The first-order chi connectivity index (χ1) is 13.3. The summed E-state index contributed by atoms with van der Waals surface area (Å²) in [6.45, 7) is 8.35. The van der Waals surface area contributed by atoms with Crippen LogP contribution >= 0.6 is 0 Å². The number of H-pyrrole nitrogens is 1. The van der Waals surface area contributed by atoms with Crippen LogP contribution in [0, 0.1) is 0 Å². The Hall–Kier alpha value is -2.56. The maximum Gasteiger partial charge on any atom is 0.494 e. The van der Waals surface area contributed by atoms with Crippen molar-refractivity contribution in [1.29, 1.82) is 0 Å². The van der Waals surface area contributed by atoms with Crippen LogP contribution in [0.25, 0.3) is 32.9 Å². The van der Waals surface area contributed by atoms with Gasteiger partial charge in [0.1, 0.15) is 0 Å². The van der Waals surface area contributed by atoms with Gasteiger partial charge < -0.3 is 14.3 Å². The maximum absolute atomic E-state index is 6.25. The fraction of sp³-hybridized carbons (Fsp3) is 0.250. The molecule has 0 bridgehead atoms. The standard InChI is InChI=1S/C24H24BNO2/c1-23(2)24(3,4)28-25(27-23)18-11-13-22-20(15-18)19-14-17(10-12-21(19)26-22)16-8-6-5-7-9-16/h5-15,26H,1-4H3. The lowest BCUT2D eigenvalue weighted by atomic mass is 9.78. The average Bonchev–Trinajstić information content (AvgIpc) is 3.14. The molecule has 0 amide bonds. The second-order valence-corrected chi connectivity index (χ2v) is 8.64. The van der Waals surface area contributed by atoms with Crippen LogP contribution in [-0.2, 0) is 9.31 Å². The SMILES string of the molecule is CC1(C)OB(c2ccc3[nH]c4ccc(-c5ccccc5)cc4c3c2)OC1(C)C. The minimum atomic E-state index is -0.350. The summed E-state index contributed by atoms with van der Waals surface area (Å²) in [5, 5.41) is 2.41.